The van der Waals surface area contributed by atoms with E-state index in [1.165, 1.54) is 38.5 Å². The summed E-state index contributed by atoms with van der Waals surface area (Å²) in [6.07, 6.45) is 100. The van der Waals surface area contributed by atoms with E-state index in [-0.39, 0.29) is 37.5 Å². The third kappa shape index (κ3) is 65.2. The van der Waals surface area contributed by atoms with Crippen LogP contribution < -0.4 is 0 Å². The van der Waals surface area contributed by atoms with Crippen molar-refractivity contribution in [1.29, 1.82) is 0 Å². The van der Waals surface area contributed by atoms with Crippen LogP contribution in [-0.2, 0) is 28.6 Å². The van der Waals surface area contributed by atoms with Crippen molar-refractivity contribution in [2.75, 3.05) is 13.2 Å². The topological polar surface area (TPSA) is 78.9 Å². The van der Waals surface area contributed by atoms with Gasteiger partial charge in [-0.15, -0.1) is 0 Å². The van der Waals surface area contributed by atoms with E-state index in [0.29, 0.717) is 19.3 Å². The highest BCUT2D eigenvalue weighted by Crippen LogP contribution is 2.14. The van der Waals surface area contributed by atoms with Crippen molar-refractivity contribution in [3.05, 3.63) is 182 Å². The first kappa shape index (κ1) is 75.5. The largest absolute Gasteiger partial charge is 0.462 e. The van der Waals surface area contributed by atoms with Gasteiger partial charge in [0.1, 0.15) is 13.2 Å². The number of hydrogen-bond acceptors (Lipinski definition) is 6. The van der Waals surface area contributed by atoms with Crippen LogP contribution in [-0.4, -0.2) is 37.2 Å². The molecule has 0 N–H and O–H groups in total. The fraction of sp³-hybridized carbons (Fsp3) is 0.560. The van der Waals surface area contributed by atoms with Gasteiger partial charge in [-0.05, 0) is 154 Å². The molecule has 0 aliphatic heterocycles. The van der Waals surface area contributed by atoms with Gasteiger partial charge in [0.15, 0.2) is 6.10 Å². The molecule has 0 saturated carbocycles. The molecule has 452 valence electrons. The minimum absolute atomic E-state index is 0.116. The Balaban J connectivity index is 4.53. The number of carbonyl (C=O) groups excluding carboxylic acids is 3. The molecule has 6 nitrogen and oxygen atoms in total. The molecular weight excluding hydrogens is 997 g/mol. The summed E-state index contributed by atoms with van der Waals surface area (Å²) in [5.74, 6) is -0.996. The number of rotatable bonds is 56. The summed E-state index contributed by atoms with van der Waals surface area (Å²) in [5, 5.41) is 0. The average molecular weight is 1110 g/mol. The quantitative estimate of drug-likeness (QED) is 0.0261. The fourth-order valence-corrected chi connectivity index (χ4v) is 8.17. The van der Waals surface area contributed by atoms with Gasteiger partial charge in [0, 0.05) is 19.3 Å². The van der Waals surface area contributed by atoms with Gasteiger partial charge in [-0.25, -0.2) is 0 Å². The zero-order valence-corrected chi connectivity index (χ0v) is 51.7. The Hall–Kier alpha value is -5.49. The Morgan fingerprint density at radius 2 is 0.444 bits per heavy atom. The smallest absolute Gasteiger partial charge is 0.306 e. The molecule has 0 fully saturated rings. The van der Waals surface area contributed by atoms with Gasteiger partial charge in [-0.3, -0.25) is 14.4 Å². The first-order valence-corrected chi connectivity index (χ1v) is 32.3. The number of unbranched alkanes of at least 4 members (excludes halogenated alkanes) is 15. The molecule has 1 unspecified atom stereocenters. The van der Waals surface area contributed by atoms with E-state index >= 15 is 0 Å². The van der Waals surface area contributed by atoms with Crippen LogP contribution in [0.4, 0.5) is 0 Å². The zero-order chi connectivity index (χ0) is 58.5. The Morgan fingerprint density at radius 1 is 0.247 bits per heavy atom. The molecule has 0 rings (SSSR count). The maximum absolute atomic E-state index is 12.9. The van der Waals surface area contributed by atoms with Gasteiger partial charge in [-0.1, -0.05) is 261 Å². The molecule has 0 aliphatic carbocycles. The highest BCUT2D eigenvalue weighted by molar-refractivity contribution is 5.71. The second-order valence-corrected chi connectivity index (χ2v) is 20.5. The lowest BCUT2D eigenvalue weighted by Crippen LogP contribution is -2.30. The number of esters is 3. The Kier molecular flexibility index (Phi) is 62.5. The summed E-state index contributed by atoms with van der Waals surface area (Å²) in [6, 6.07) is 0. The van der Waals surface area contributed by atoms with Gasteiger partial charge in [0.2, 0.25) is 0 Å². The van der Waals surface area contributed by atoms with Crippen molar-refractivity contribution in [3.63, 3.8) is 0 Å². The Morgan fingerprint density at radius 3 is 0.716 bits per heavy atom. The molecule has 81 heavy (non-hydrogen) atoms. The van der Waals surface area contributed by atoms with Crippen molar-refractivity contribution in [3.8, 4) is 0 Å². The summed E-state index contributed by atoms with van der Waals surface area (Å²) < 4.78 is 16.9. The van der Waals surface area contributed by atoms with Gasteiger partial charge >= 0.3 is 17.9 Å². The minimum Gasteiger partial charge on any atom is -0.462 e. The average Bonchev–Trinajstić information content (AvgIpc) is 3.47. The molecule has 0 saturated heterocycles. The maximum Gasteiger partial charge on any atom is 0.306 e. The van der Waals surface area contributed by atoms with E-state index in [0.717, 1.165) is 167 Å². The number of hydrogen-bond donors (Lipinski definition) is 0. The van der Waals surface area contributed by atoms with E-state index in [1.807, 2.05) is 0 Å². The highest BCUT2D eigenvalue weighted by atomic mass is 16.6. The van der Waals surface area contributed by atoms with Gasteiger partial charge in [-0.2, -0.15) is 0 Å². The van der Waals surface area contributed by atoms with Crippen LogP contribution in [0.1, 0.15) is 252 Å². The lowest BCUT2D eigenvalue weighted by atomic mass is 10.1. The van der Waals surface area contributed by atoms with E-state index < -0.39 is 6.10 Å². The third-order valence-electron chi connectivity index (χ3n) is 12.9. The number of ether oxygens (including phenoxy) is 3. The van der Waals surface area contributed by atoms with Crippen molar-refractivity contribution in [1.82, 2.24) is 0 Å². The van der Waals surface area contributed by atoms with Crippen LogP contribution in [0.3, 0.4) is 0 Å². The van der Waals surface area contributed by atoms with Gasteiger partial charge in [0.25, 0.3) is 0 Å². The molecule has 0 heterocycles. The predicted molar refractivity (Wildman–Crippen MR) is 352 cm³/mol. The van der Waals surface area contributed by atoms with Crippen molar-refractivity contribution in [2.45, 2.75) is 258 Å². The van der Waals surface area contributed by atoms with Crippen LogP contribution in [0.5, 0.6) is 0 Å². The number of carbonyl (C=O) groups is 3. The highest BCUT2D eigenvalue weighted by Gasteiger charge is 2.19. The molecule has 0 spiro atoms. The molecule has 0 bridgehead atoms. The van der Waals surface area contributed by atoms with E-state index in [2.05, 4.69) is 203 Å². The van der Waals surface area contributed by atoms with Crippen molar-refractivity contribution < 1.29 is 28.6 Å². The molecule has 0 aromatic carbocycles. The van der Waals surface area contributed by atoms with Crippen LogP contribution in [0, 0.1) is 0 Å². The van der Waals surface area contributed by atoms with Crippen LogP contribution in [0.2, 0.25) is 0 Å². The number of allylic oxidation sites excluding steroid dienone is 30. The van der Waals surface area contributed by atoms with Crippen LogP contribution in [0.25, 0.3) is 0 Å². The second-order valence-electron chi connectivity index (χ2n) is 20.5. The molecule has 0 amide bonds. The first-order chi connectivity index (χ1) is 40.0. The fourth-order valence-electron chi connectivity index (χ4n) is 8.17. The lowest BCUT2D eigenvalue weighted by molar-refractivity contribution is -0.167. The summed E-state index contributed by atoms with van der Waals surface area (Å²) in [4.78, 5) is 38.4. The van der Waals surface area contributed by atoms with E-state index in [9.17, 15) is 14.4 Å². The second kappa shape index (κ2) is 67.0. The summed E-state index contributed by atoms with van der Waals surface area (Å²) in [5.41, 5.74) is 0. The molecule has 0 radical (unpaired) electrons. The Labute approximate surface area is 497 Å². The van der Waals surface area contributed by atoms with Gasteiger partial charge in [0.05, 0.1) is 0 Å². The van der Waals surface area contributed by atoms with Gasteiger partial charge < -0.3 is 14.2 Å². The maximum atomic E-state index is 12.9. The van der Waals surface area contributed by atoms with E-state index in [1.54, 1.807) is 0 Å². The lowest BCUT2D eigenvalue weighted by Gasteiger charge is -2.18. The van der Waals surface area contributed by atoms with E-state index in [4.69, 9.17) is 14.2 Å². The molecular formula is C75H116O6. The third-order valence-corrected chi connectivity index (χ3v) is 12.9. The standard InChI is InChI=1S/C75H116O6/c1-4-7-10-13-16-19-22-25-28-31-33-35-36-37-38-40-41-44-47-50-53-56-59-62-65-68-74(77)80-71-72(70-79-73(76)67-64-61-58-55-52-49-46-43-30-27-24-21-18-15-12-9-6-3)81-75(78)69-66-63-60-57-54-51-48-45-42-39-34-32-29-26-23-20-17-14-11-8-5-2/h7-12,16-21,25-30,33-35,37-39,45-46,48-49,54,57,72H,4-6,13-15,22-24,31-32,36,40-44,47,50-53,55-56,58-71H2,1-3H3/b10-7-,11-8-,12-9-,19-16-,20-17-,21-18-,28-25-,29-26-,30-27-,35-33-,38-37-,39-34-,48-45-,49-46-,57-54-. The zero-order valence-electron chi connectivity index (χ0n) is 51.7. The Bertz CT molecular complexity index is 1900. The molecule has 0 aromatic heterocycles. The van der Waals surface area contributed by atoms with Crippen molar-refractivity contribution in [2.24, 2.45) is 0 Å². The monoisotopic (exact) mass is 1110 g/mol. The van der Waals surface area contributed by atoms with Crippen LogP contribution in [0.15, 0.2) is 182 Å². The first-order valence-electron chi connectivity index (χ1n) is 32.3. The summed E-state index contributed by atoms with van der Waals surface area (Å²) >= 11 is 0. The predicted octanol–water partition coefficient (Wildman–Crippen LogP) is 22.4. The van der Waals surface area contributed by atoms with Crippen LogP contribution >= 0.6 is 0 Å². The SMILES string of the molecule is CC/C=C\C/C=C\C/C=C\C/C=C\C/C=C\C/C=C\CCCCC(=O)OC(COC(=O)CCCCCC/C=C\C/C=C\C/C=C\C/C=C\CC)COC(=O)CCCCCCCCCCC/C=C\C/C=C\C/C=C\C/C=C\C/C=C\CC. The minimum atomic E-state index is -0.827. The molecule has 0 aromatic rings. The molecule has 1 atom stereocenters. The van der Waals surface area contributed by atoms with Crippen molar-refractivity contribution >= 4 is 17.9 Å². The molecule has 6 heteroatoms. The normalized spacial score (nSPS) is 13.4. The summed E-state index contributed by atoms with van der Waals surface area (Å²) in [6.45, 7) is 6.23. The summed E-state index contributed by atoms with van der Waals surface area (Å²) in [7, 11) is 0. The molecule has 0 aliphatic rings.